The Morgan fingerprint density at radius 3 is 2.89 bits per heavy atom. The lowest BCUT2D eigenvalue weighted by Crippen LogP contribution is -1.86. The first-order chi connectivity index (χ1) is 9.29. The van der Waals surface area contributed by atoms with Crippen molar-refractivity contribution < 1.29 is 4.42 Å². The molecular formula is C13H11BrN4O. The average molecular weight is 319 g/mol. The molecule has 0 amide bonds. The quantitative estimate of drug-likeness (QED) is 0.691. The number of hydrogen-bond donors (Lipinski definition) is 0. The fourth-order valence-electron chi connectivity index (χ4n) is 1.81. The van der Waals surface area contributed by atoms with E-state index in [1.807, 2.05) is 25.1 Å². The molecule has 96 valence electrons. The predicted octanol–water partition coefficient (Wildman–Crippen LogP) is 3.53. The number of rotatable bonds is 3. The van der Waals surface area contributed by atoms with Crippen molar-refractivity contribution in [3.63, 3.8) is 0 Å². The molecule has 0 bridgehead atoms. The SMILES string of the molecule is CCC(Br)c1nnc(-c2cccc3nccnc23)o1. The lowest BCUT2D eigenvalue weighted by atomic mass is 10.2. The highest BCUT2D eigenvalue weighted by molar-refractivity contribution is 9.09. The van der Waals surface area contributed by atoms with Crippen LogP contribution in [0.15, 0.2) is 35.0 Å². The van der Waals surface area contributed by atoms with Crippen molar-refractivity contribution in [3.05, 3.63) is 36.5 Å². The molecule has 0 saturated heterocycles. The highest BCUT2D eigenvalue weighted by Gasteiger charge is 2.16. The molecule has 5 nitrogen and oxygen atoms in total. The van der Waals surface area contributed by atoms with Crippen LogP contribution in [0.2, 0.25) is 0 Å². The van der Waals surface area contributed by atoms with Gasteiger partial charge in [-0.3, -0.25) is 9.97 Å². The second-order valence-corrected chi connectivity index (χ2v) is 5.16. The molecular weight excluding hydrogens is 308 g/mol. The summed E-state index contributed by atoms with van der Waals surface area (Å²) in [5, 5.41) is 8.15. The van der Waals surface area contributed by atoms with E-state index in [9.17, 15) is 0 Å². The van der Waals surface area contributed by atoms with E-state index in [4.69, 9.17) is 4.42 Å². The normalized spacial score (nSPS) is 12.7. The minimum Gasteiger partial charge on any atom is -0.419 e. The van der Waals surface area contributed by atoms with Gasteiger partial charge in [-0.25, -0.2) is 0 Å². The molecule has 0 fully saturated rings. The zero-order valence-electron chi connectivity index (χ0n) is 10.2. The van der Waals surface area contributed by atoms with Gasteiger partial charge in [-0.1, -0.05) is 28.9 Å². The molecule has 0 spiro atoms. The summed E-state index contributed by atoms with van der Waals surface area (Å²) in [5.41, 5.74) is 2.38. The lowest BCUT2D eigenvalue weighted by molar-refractivity contribution is 0.500. The molecule has 0 aliphatic carbocycles. The van der Waals surface area contributed by atoms with Crippen molar-refractivity contribution in [2.75, 3.05) is 0 Å². The third kappa shape index (κ3) is 2.23. The number of halogens is 1. The Hall–Kier alpha value is -1.82. The molecule has 0 saturated carbocycles. The summed E-state index contributed by atoms with van der Waals surface area (Å²) in [5.74, 6) is 1.05. The highest BCUT2D eigenvalue weighted by atomic mass is 79.9. The summed E-state index contributed by atoms with van der Waals surface area (Å²) in [6.45, 7) is 2.05. The van der Waals surface area contributed by atoms with E-state index in [0.717, 1.165) is 23.0 Å². The smallest absolute Gasteiger partial charge is 0.250 e. The van der Waals surface area contributed by atoms with Crippen LogP contribution in [-0.2, 0) is 0 Å². The summed E-state index contributed by atoms with van der Waals surface area (Å²) in [4.78, 5) is 8.67. The van der Waals surface area contributed by atoms with Crippen LogP contribution in [-0.4, -0.2) is 20.2 Å². The first-order valence-electron chi connectivity index (χ1n) is 5.97. The zero-order valence-corrected chi connectivity index (χ0v) is 11.8. The minimum atomic E-state index is 0.0785. The van der Waals surface area contributed by atoms with Gasteiger partial charge in [0.15, 0.2) is 0 Å². The van der Waals surface area contributed by atoms with Gasteiger partial charge >= 0.3 is 0 Å². The van der Waals surface area contributed by atoms with Crippen LogP contribution in [0.5, 0.6) is 0 Å². The van der Waals surface area contributed by atoms with E-state index < -0.39 is 0 Å². The largest absolute Gasteiger partial charge is 0.419 e. The summed E-state index contributed by atoms with van der Waals surface area (Å²) >= 11 is 3.50. The fourth-order valence-corrected chi connectivity index (χ4v) is 1.99. The second-order valence-electron chi connectivity index (χ2n) is 4.05. The van der Waals surface area contributed by atoms with Gasteiger partial charge in [0, 0.05) is 12.4 Å². The van der Waals surface area contributed by atoms with Gasteiger partial charge in [0.25, 0.3) is 0 Å². The maximum Gasteiger partial charge on any atom is 0.250 e. The van der Waals surface area contributed by atoms with Crippen molar-refractivity contribution in [1.29, 1.82) is 0 Å². The van der Waals surface area contributed by atoms with Gasteiger partial charge in [0.2, 0.25) is 11.8 Å². The van der Waals surface area contributed by atoms with E-state index in [0.29, 0.717) is 11.8 Å². The minimum absolute atomic E-state index is 0.0785. The van der Waals surface area contributed by atoms with E-state index in [1.165, 1.54) is 0 Å². The summed E-state index contributed by atoms with van der Waals surface area (Å²) < 4.78 is 5.69. The van der Waals surface area contributed by atoms with Crippen LogP contribution in [0, 0.1) is 0 Å². The maximum atomic E-state index is 5.69. The molecule has 19 heavy (non-hydrogen) atoms. The van der Waals surface area contributed by atoms with E-state index in [-0.39, 0.29) is 4.83 Å². The van der Waals surface area contributed by atoms with Crippen LogP contribution < -0.4 is 0 Å². The molecule has 2 heterocycles. The number of hydrogen-bond acceptors (Lipinski definition) is 5. The fraction of sp³-hybridized carbons (Fsp3) is 0.231. The van der Waals surface area contributed by atoms with Crippen molar-refractivity contribution in [1.82, 2.24) is 20.2 Å². The van der Waals surface area contributed by atoms with E-state index in [2.05, 4.69) is 36.1 Å². The topological polar surface area (TPSA) is 64.7 Å². The lowest BCUT2D eigenvalue weighted by Gasteiger charge is -2.01. The van der Waals surface area contributed by atoms with Gasteiger partial charge < -0.3 is 4.42 Å². The van der Waals surface area contributed by atoms with Crippen LogP contribution in [0.4, 0.5) is 0 Å². The standard InChI is InChI=1S/C13H11BrN4O/c1-2-9(14)13-18-17-12(19-13)8-4-3-5-10-11(8)16-7-6-15-10/h3-7,9H,2H2,1H3. The summed E-state index contributed by atoms with van der Waals surface area (Å²) in [6.07, 6.45) is 4.20. The molecule has 1 aromatic carbocycles. The highest BCUT2D eigenvalue weighted by Crippen LogP contribution is 2.29. The number of alkyl halides is 1. The molecule has 3 aromatic rings. The van der Waals surface area contributed by atoms with E-state index in [1.54, 1.807) is 12.4 Å². The molecule has 1 atom stereocenters. The van der Waals surface area contributed by atoms with Gasteiger partial charge in [-0.2, -0.15) is 0 Å². The maximum absolute atomic E-state index is 5.69. The molecule has 1 unspecified atom stereocenters. The van der Waals surface area contributed by atoms with Crippen molar-refractivity contribution >= 4 is 27.0 Å². The van der Waals surface area contributed by atoms with Crippen LogP contribution in [0.25, 0.3) is 22.5 Å². The van der Waals surface area contributed by atoms with Crippen molar-refractivity contribution in [2.24, 2.45) is 0 Å². The Bertz CT molecular complexity index is 707. The number of fused-ring (bicyclic) bond motifs is 1. The zero-order chi connectivity index (χ0) is 13.2. The Balaban J connectivity index is 2.12. The van der Waals surface area contributed by atoms with Crippen LogP contribution in [0.1, 0.15) is 24.1 Å². The molecule has 0 radical (unpaired) electrons. The summed E-state index contributed by atoms with van der Waals surface area (Å²) in [7, 11) is 0. The number of benzene rings is 1. The Morgan fingerprint density at radius 2 is 2.05 bits per heavy atom. The van der Waals surface area contributed by atoms with Crippen molar-refractivity contribution in [2.45, 2.75) is 18.2 Å². The molecule has 2 aromatic heterocycles. The Kier molecular flexibility index (Phi) is 3.25. The second kappa shape index (κ2) is 5.05. The molecule has 0 aliphatic heterocycles. The number of nitrogens with zero attached hydrogens (tertiary/aromatic N) is 4. The molecule has 0 N–H and O–H groups in total. The average Bonchev–Trinajstić information content (AvgIpc) is 2.95. The Morgan fingerprint density at radius 1 is 1.21 bits per heavy atom. The molecule has 3 rings (SSSR count). The molecule has 6 heteroatoms. The molecule has 0 aliphatic rings. The first-order valence-corrected chi connectivity index (χ1v) is 6.88. The third-order valence-electron chi connectivity index (χ3n) is 2.80. The van der Waals surface area contributed by atoms with Gasteiger partial charge in [0.05, 0.1) is 15.9 Å². The first kappa shape index (κ1) is 12.2. The third-order valence-corrected chi connectivity index (χ3v) is 3.84. The van der Waals surface area contributed by atoms with Crippen LogP contribution in [0.3, 0.4) is 0 Å². The van der Waals surface area contributed by atoms with Crippen LogP contribution >= 0.6 is 15.9 Å². The predicted molar refractivity (Wildman–Crippen MR) is 74.8 cm³/mol. The van der Waals surface area contributed by atoms with Gasteiger partial charge in [-0.05, 0) is 18.6 Å². The Labute approximate surface area is 118 Å². The number of aromatic nitrogens is 4. The van der Waals surface area contributed by atoms with E-state index >= 15 is 0 Å². The number of para-hydroxylation sites is 1. The van der Waals surface area contributed by atoms with Gasteiger partial charge in [0.1, 0.15) is 5.52 Å². The summed E-state index contributed by atoms with van der Waals surface area (Å²) in [6, 6.07) is 5.72. The monoisotopic (exact) mass is 318 g/mol. The van der Waals surface area contributed by atoms with Crippen molar-refractivity contribution in [3.8, 4) is 11.5 Å². The van der Waals surface area contributed by atoms with Gasteiger partial charge in [-0.15, -0.1) is 10.2 Å².